The lowest BCUT2D eigenvalue weighted by atomic mass is 9.81. The Balaban J connectivity index is 0.000000147. The van der Waals surface area contributed by atoms with E-state index in [0.29, 0.717) is 44.0 Å². The Kier molecular flexibility index (Phi) is 17.8. The molecule has 6 aliphatic rings. The van der Waals surface area contributed by atoms with Crippen LogP contribution in [0.25, 0.3) is 22.3 Å². The molecule has 448 valence electrons. The van der Waals surface area contributed by atoms with Gasteiger partial charge in [-0.3, -0.25) is 0 Å². The normalized spacial score (nSPS) is 18.6. The highest BCUT2D eigenvalue weighted by molar-refractivity contribution is 9.10. The predicted octanol–water partition coefficient (Wildman–Crippen LogP) is 8.13. The lowest BCUT2D eigenvalue weighted by molar-refractivity contribution is -0.0535. The zero-order valence-electron chi connectivity index (χ0n) is 46.9. The van der Waals surface area contributed by atoms with E-state index < -0.39 is 41.3 Å². The Morgan fingerprint density at radius 1 is 0.735 bits per heavy atom. The largest absolute Gasteiger partial charge is 0.417 e. The number of nitrogens with zero attached hydrogens (tertiary/aromatic N) is 11. The first kappa shape index (κ1) is 60.5. The van der Waals surface area contributed by atoms with Crippen LogP contribution < -0.4 is 20.5 Å². The van der Waals surface area contributed by atoms with E-state index in [2.05, 4.69) is 109 Å². The minimum absolute atomic E-state index is 0.0276. The van der Waals surface area contributed by atoms with E-state index in [1.165, 1.54) is 54.5 Å². The van der Waals surface area contributed by atoms with E-state index in [0.717, 1.165) is 112 Å². The molecular weight excluding hydrogens is 1200 g/mol. The highest BCUT2D eigenvalue weighted by atomic mass is 79.9. The fraction of sp³-hybridized carbons (Fsp3) is 0.519. The number of halogens is 5. The number of fused-ring (bicyclic) bond motifs is 2. The number of ether oxygens (including phenoxy) is 3. The average molecular weight is 1270 g/mol. The number of likely N-dealkylation sites (tertiary alicyclic amines) is 2. The van der Waals surface area contributed by atoms with Crippen LogP contribution in [-0.2, 0) is 57.2 Å². The van der Waals surface area contributed by atoms with Crippen molar-refractivity contribution in [2.24, 2.45) is 10.8 Å². The maximum Gasteiger partial charge on any atom is 0.388 e. The molecule has 0 amide bonds. The molecule has 4 aliphatic heterocycles. The standard InChI is InChI=1S/C24H27F2N7O3S.C15H28BrN5O3SSi.C15H14F2N2O/c1-32-10-8-24(12-32)13-33(14-24)37(34,35)23-29-22(30-31-23)28-20-17-4-2-3-15(17)5-6-18(20)16-7-9-27-19(11-16)36-21(25)26;1-19-6-5-15(9-19)10-20(11-15)25(22,23)14-17-13(16)18-21(14)12-24-7-8-26(2,3)4;16-15(17)20-13-8-10(6-7-19-13)12-5-4-9-2-1-3-11(9)14(12)18/h5-7,9,11,21H,2-4,8,10,12-14H2,1H3,(H2,28,29,30,31);5-12H2,1-4H3;4-8,15H,1-3,18H2. The van der Waals surface area contributed by atoms with Crippen LogP contribution >= 0.6 is 15.9 Å². The number of nitrogens with one attached hydrogen (secondary N) is 2. The molecular formula is C54H69BrF4N14O7S2Si. The van der Waals surface area contributed by atoms with Crippen LogP contribution in [-0.4, -0.2) is 170 Å². The molecule has 0 radical (unpaired) electrons. The molecule has 4 fully saturated rings. The maximum atomic E-state index is 13.2. The SMILES string of the molecule is CN1CCC2(C1)CN(S(=O)(=O)c1nc(Br)nn1COCC[Si](C)(C)C)C2.CN1CCC2(C1)CN(S(=O)(=O)c1nc(Nc3c(-c4ccnc(OC(F)F)c4)ccc4c3CCC4)n[nH]1)C2.Nc1c(-c2ccnc(OC(F)F)c2)ccc2c1CCC2. The zero-order valence-corrected chi connectivity index (χ0v) is 51.1. The number of aryl methyl sites for hydroxylation is 2. The van der Waals surface area contributed by atoms with Crippen LogP contribution in [0.3, 0.4) is 0 Å². The molecule has 29 heteroatoms. The van der Waals surface area contributed by atoms with Crippen LogP contribution in [0.2, 0.25) is 25.7 Å². The Morgan fingerprint density at radius 2 is 1.28 bits per heavy atom. The van der Waals surface area contributed by atoms with E-state index >= 15 is 0 Å². The Labute approximate surface area is 489 Å². The van der Waals surface area contributed by atoms with Gasteiger partial charge in [0.05, 0.1) is 5.69 Å². The van der Waals surface area contributed by atoms with Crippen LogP contribution in [0, 0.1) is 10.8 Å². The molecule has 4 N–H and O–H groups in total. The van der Waals surface area contributed by atoms with E-state index in [1.807, 2.05) is 25.2 Å². The average Bonchev–Trinajstić information content (AvgIpc) is 4.40. The molecule has 21 nitrogen and oxygen atoms in total. The summed E-state index contributed by atoms with van der Waals surface area (Å²) in [6.45, 7) is 7.58. The van der Waals surface area contributed by atoms with Crippen molar-refractivity contribution < 1.29 is 48.6 Å². The third-order valence-electron chi connectivity index (χ3n) is 16.1. The summed E-state index contributed by atoms with van der Waals surface area (Å²) in [5, 5.41) is 13.8. The number of anilines is 3. The van der Waals surface area contributed by atoms with Gasteiger partial charge in [0.25, 0.3) is 30.4 Å². The third-order valence-corrected chi connectivity index (χ3v) is 21.5. The summed E-state index contributed by atoms with van der Waals surface area (Å²) in [4.78, 5) is 20.5. The molecule has 4 saturated heterocycles. The Morgan fingerprint density at radius 3 is 1.83 bits per heavy atom. The van der Waals surface area contributed by atoms with Gasteiger partial charge >= 0.3 is 13.2 Å². The van der Waals surface area contributed by atoms with E-state index in [9.17, 15) is 34.4 Å². The van der Waals surface area contributed by atoms with Crippen molar-refractivity contribution in [3.05, 3.63) is 87.9 Å². The fourth-order valence-electron chi connectivity index (χ4n) is 11.9. The lowest BCUT2D eigenvalue weighted by Crippen LogP contribution is -2.59. The first-order chi connectivity index (χ1) is 39.4. The molecule has 0 unspecified atom stereocenters. The van der Waals surface area contributed by atoms with E-state index in [4.69, 9.17) is 10.5 Å². The fourth-order valence-corrected chi connectivity index (χ4v) is 16.3. The van der Waals surface area contributed by atoms with Crippen molar-refractivity contribution in [2.75, 3.05) is 84.1 Å². The summed E-state index contributed by atoms with van der Waals surface area (Å²) in [5.41, 5.74) is 15.4. The van der Waals surface area contributed by atoms with Gasteiger partial charge in [0.1, 0.15) is 6.73 Å². The highest BCUT2D eigenvalue weighted by Crippen LogP contribution is 2.44. The second-order valence-electron chi connectivity index (χ2n) is 23.6. The van der Waals surface area contributed by atoms with E-state index in [-0.39, 0.29) is 50.3 Å². The number of pyridine rings is 2. The summed E-state index contributed by atoms with van der Waals surface area (Å²) in [7, 11) is -4.51. The molecule has 12 rings (SSSR count). The summed E-state index contributed by atoms with van der Waals surface area (Å²) in [6.07, 6.45) is 10.7. The van der Waals surface area contributed by atoms with E-state index in [1.54, 1.807) is 12.1 Å². The third kappa shape index (κ3) is 13.7. The molecule has 83 heavy (non-hydrogen) atoms. The number of hydrogen-bond acceptors (Lipinski definition) is 17. The van der Waals surface area contributed by atoms with Crippen LogP contribution in [0.1, 0.15) is 47.9 Å². The van der Waals surface area contributed by atoms with Gasteiger partial charge in [-0.2, -0.15) is 36.1 Å². The van der Waals surface area contributed by atoms with Gasteiger partial charge in [-0.1, -0.05) is 43.9 Å². The second kappa shape index (κ2) is 24.4. The number of nitrogens with two attached hydrogens (primary N) is 1. The van der Waals surface area contributed by atoms with Gasteiger partial charge in [0.2, 0.25) is 22.4 Å². The first-order valence-corrected chi connectivity index (χ1v) is 34.9. The van der Waals surface area contributed by atoms with Crippen molar-refractivity contribution in [3.8, 4) is 34.0 Å². The van der Waals surface area contributed by atoms with Crippen molar-refractivity contribution in [1.82, 2.24) is 58.3 Å². The summed E-state index contributed by atoms with van der Waals surface area (Å²) in [5.74, 6) is -0.169. The smallest absolute Gasteiger partial charge is 0.388 e. The Bertz CT molecular complexity index is 3550. The summed E-state index contributed by atoms with van der Waals surface area (Å²) < 4.78 is 121. The number of H-pyrrole nitrogens is 1. The predicted molar refractivity (Wildman–Crippen MR) is 309 cm³/mol. The minimum Gasteiger partial charge on any atom is -0.417 e. The monoisotopic (exact) mass is 1270 g/mol. The van der Waals surface area contributed by atoms with Gasteiger partial charge in [-0.15, -0.1) is 10.2 Å². The Hall–Kier alpha value is -5.66. The van der Waals surface area contributed by atoms with Crippen molar-refractivity contribution >= 4 is 61.4 Å². The van der Waals surface area contributed by atoms with Gasteiger partial charge < -0.3 is 35.1 Å². The maximum absolute atomic E-state index is 13.2. The van der Waals surface area contributed by atoms with Crippen molar-refractivity contribution in [3.63, 3.8) is 0 Å². The van der Waals surface area contributed by atoms with Crippen LogP contribution in [0.5, 0.6) is 11.8 Å². The van der Waals surface area contributed by atoms with Gasteiger partial charge in [0.15, 0.2) is 0 Å². The molecule has 0 saturated carbocycles. The van der Waals surface area contributed by atoms with Gasteiger partial charge in [-0.25, -0.2) is 36.6 Å². The molecule has 6 aromatic rings. The van der Waals surface area contributed by atoms with Gasteiger partial charge in [0, 0.05) is 106 Å². The number of nitrogen functional groups attached to an aromatic ring is 1. The second-order valence-corrected chi connectivity index (χ2v) is 33.7. The van der Waals surface area contributed by atoms with Crippen LogP contribution in [0.4, 0.5) is 34.9 Å². The van der Waals surface area contributed by atoms with Crippen molar-refractivity contribution in [1.29, 1.82) is 0 Å². The number of rotatable bonds is 17. The topological polar surface area (TPSA) is 245 Å². The number of aromatic amines is 1. The number of sulfonamides is 2. The number of hydrogen-bond donors (Lipinski definition) is 3. The van der Waals surface area contributed by atoms with Crippen LogP contribution in [0.15, 0.2) is 76.0 Å². The molecule has 0 bridgehead atoms. The minimum atomic E-state index is -3.80. The highest BCUT2D eigenvalue weighted by Gasteiger charge is 2.53. The number of alkyl halides is 4. The van der Waals surface area contributed by atoms with Gasteiger partial charge in [-0.05, 0) is 146 Å². The molecule has 2 aromatic carbocycles. The van der Waals surface area contributed by atoms with Crippen molar-refractivity contribution in [2.45, 2.75) is 107 Å². The molecule has 2 spiro atoms. The molecule has 0 atom stereocenters. The molecule has 2 aliphatic carbocycles. The summed E-state index contributed by atoms with van der Waals surface area (Å²) in [6, 6.07) is 15.3. The summed E-state index contributed by atoms with van der Waals surface area (Å²) >= 11 is 3.19. The molecule has 4 aromatic heterocycles. The molecule has 8 heterocycles. The number of aromatic nitrogens is 8. The quantitative estimate of drug-likeness (QED) is 0.0338. The lowest BCUT2D eigenvalue weighted by Gasteiger charge is -2.46. The number of benzene rings is 2. The zero-order chi connectivity index (χ0) is 59.1. The first-order valence-electron chi connectivity index (χ1n) is 27.5.